The van der Waals surface area contributed by atoms with Crippen molar-refractivity contribution in [3.63, 3.8) is 0 Å². The van der Waals surface area contributed by atoms with Gasteiger partial charge in [0.05, 0.1) is 0 Å². The van der Waals surface area contributed by atoms with Crippen molar-refractivity contribution in [3.8, 4) is 0 Å². The third-order valence-corrected chi connectivity index (χ3v) is 7.72. The molecule has 5 nitrogen and oxygen atoms in total. The molecule has 0 atom stereocenters. The molecule has 31 heavy (non-hydrogen) atoms. The lowest BCUT2D eigenvalue weighted by molar-refractivity contribution is -0.0167. The molecule has 2 aromatic rings. The monoisotopic (exact) mass is 419 g/mol. The lowest BCUT2D eigenvalue weighted by Gasteiger charge is -2.56. The Labute approximate surface area is 184 Å². The van der Waals surface area contributed by atoms with Crippen molar-refractivity contribution in [3.05, 3.63) is 69.6 Å². The normalized spacial score (nSPS) is 28.8. The second kappa shape index (κ2) is 8.27. The van der Waals surface area contributed by atoms with Gasteiger partial charge in [0.2, 0.25) is 0 Å². The van der Waals surface area contributed by atoms with Crippen molar-refractivity contribution in [2.45, 2.75) is 64.1 Å². The van der Waals surface area contributed by atoms with E-state index in [1.165, 1.54) is 24.8 Å². The van der Waals surface area contributed by atoms with E-state index in [1.807, 2.05) is 24.3 Å². The third kappa shape index (κ3) is 4.33. The van der Waals surface area contributed by atoms with Crippen LogP contribution in [0, 0.1) is 17.8 Å². The van der Waals surface area contributed by atoms with Gasteiger partial charge in [-0.1, -0.05) is 37.3 Å². The number of aromatic amines is 1. The van der Waals surface area contributed by atoms with Gasteiger partial charge in [-0.2, -0.15) is 0 Å². The van der Waals surface area contributed by atoms with Crippen LogP contribution in [0.2, 0.25) is 0 Å². The van der Waals surface area contributed by atoms with E-state index in [0.717, 1.165) is 55.8 Å². The Balaban J connectivity index is 1.26. The number of rotatable bonds is 7. The Hall–Kier alpha value is -2.40. The molecule has 2 N–H and O–H groups in total. The van der Waals surface area contributed by atoms with E-state index in [0.29, 0.717) is 6.54 Å². The molecular formula is C26H33N3O2. The molecule has 164 valence electrons. The molecule has 0 aliphatic heterocycles. The van der Waals surface area contributed by atoms with Crippen molar-refractivity contribution in [1.82, 2.24) is 15.2 Å². The van der Waals surface area contributed by atoms with Crippen LogP contribution in [0.25, 0.3) is 0 Å². The van der Waals surface area contributed by atoms with Crippen LogP contribution >= 0.6 is 0 Å². The summed E-state index contributed by atoms with van der Waals surface area (Å²) in [6.45, 7) is 4.48. The molecule has 1 amide bonds. The Morgan fingerprint density at radius 2 is 1.65 bits per heavy atom. The fourth-order valence-corrected chi connectivity index (χ4v) is 6.72. The van der Waals surface area contributed by atoms with E-state index in [4.69, 9.17) is 0 Å². The molecule has 1 heterocycles. The summed E-state index contributed by atoms with van der Waals surface area (Å²) in [5.41, 5.74) is 1.97. The number of benzene rings is 1. The highest BCUT2D eigenvalue weighted by atomic mass is 16.2. The first-order valence-electron chi connectivity index (χ1n) is 11.8. The number of carbonyl (C=O) groups is 1. The molecular weight excluding hydrogens is 386 g/mol. The predicted octanol–water partition coefficient (Wildman–Crippen LogP) is 4.10. The minimum absolute atomic E-state index is 0.0777. The number of hydrogen-bond acceptors (Lipinski definition) is 3. The third-order valence-electron chi connectivity index (χ3n) is 7.72. The Kier molecular flexibility index (Phi) is 5.47. The van der Waals surface area contributed by atoms with Gasteiger partial charge in [0.1, 0.15) is 5.56 Å². The van der Waals surface area contributed by atoms with Crippen molar-refractivity contribution < 1.29 is 4.79 Å². The quantitative estimate of drug-likeness (QED) is 0.710. The summed E-state index contributed by atoms with van der Waals surface area (Å²) in [6.07, 6.45) is 7.27. The van der Waals surface area contributed by atoms with Crippen molar-refractivity contribution in [1.29, 1.82) is 0 Å². The number of H-pyrrole nitrogens is 1. The van der Waals surface area contributed by atoms with Gasteiger partial charge in [-0.3, -0.25) is 14.5 Å². The fraction of sp³-hybridized carbons (Fsp3) is 0.538. The van der Waals surface area contributed by atoms with Crippen molar-refractivity contribution >= 4 is 5.91 Å². The largest absolute Gasteiger partial charge is 0.346 e. The highest BCUT2D eigenvalue weighted by Crippen LogP contribution is 2.55. The summed E-state index contributed by atoms with van der Waals surface area (Å²) in [6, 6.07) is 13.9. The molecule has 4 bridgehead atoms. The van der Waals surface area contributed by atoms with Crippen LogP contribution in [-0.4, -0.2) is 27.9 Å². The summed E-state index contributed by atoms with van der Waals surface area (Å²) in [4.78, 5) is 31.0. The molecule has 0 saturated heterocycles. The van der Waals surface area contributed by atoms with Gasteiger partial charge in [-0.25, -0.2) is 0 Å². The highest BCUT2D eigenvalue weighted by Gasteiger charge is 2.51. The van der Waals surface area contributed by atoms with Crippen LogP contribution in [-0.2, 0) is 13.1 Å². The Morgan fingerprint density at radius 1 is 1.00 bits per heavy atom. The van der Waals surface area contributed by atoms with Gasteiger partial charge in [-0.05, 0) is 80.5 Å². The van der Waals surface area contributed by atoms with E-state index < -0.39 is 0 Å². The van der Waals surface area contributed by atoms with Gasteiger partial charge in [0.25, 0.3) is 11.5 Å². The number of amides is 1. The van der Waals surface area contributed by atoms with E-state index >= 15 is 0 Å². The molecule has 0 radical (unpaired) electrons. The minimum atomic E-state index is -0.282. The zero-order valence-corrected chi connectivity index (χ0v) is 18.4. The number of nitrogens with one attached hydrogen (secondary N) is 2. The Morgan fingerprint density at radius 3 is 2.23 bits per heavy atom. The predicted molar refractivity (Wildman–Crippen MR) is 122 cm³/mol. The molecule has 5 heteroatoms. The maximum Gasteiger partial charge on any atom is 0.261 e. The highest BCUT2D eigenvalue weighted by molar-refractivity contribution is 5.94. The van der Waals surface area contributed by atoms with Gasteiger partial charge < -0.3 is 10.3 Å². The fourth-order valence-electron chi connectivity index (χ4n) is 6.72. The second-order valence-corrected chi connectivity index (χ2v) is 10.2. The first-order valence-corrected chi connectivity index (χ1v) is 11.8. The summed E-state index contributed by atoms with van der Waals surface area (Å²) >= 11 is 0. The molecule has 4 saturated carbocycles. The van der Waals surface area contributed by atoms with Crippen molar-refractivity contribution in [2.24, 2.45) is 17.8 Å². The molecule has 6 rings (SSSR count). The topological polar surface area (TPSA) is 65.2 Å². The smallest absolute Gasteiger partial charge is 0.261 e. The molecule has 0 unspecified atom stereocenters. The molecule has 4 aliphatic carbocycles. The minimum Gasteiger partial charge on any atom is -0.346 e. The van der Waals surface area contributed by atoms with E-state index in [9.17, 15) is 9.59 Å². The summed E-state index contributed by atoms with van der Waals surface area (Å²) in [7, 11) is 0. The SMILES string of the molecule is CCN(Cc1ccccc1)Cc1ccc(C(=O)NC23CC4CC(CC(C4)C2)C3)c(=O)[nH]1. The molecule has 1 aromatic heterocycles. The number of carbonyl (C=O) groups excluding carboxylic acids is 1. The standard InChI is InChI=1S/C26H33N3O2/c1-2-29(16-18-6-4-3-5-7-18)17-22-8-9-23(24(30)27-22)25(31)28-26-13-19-10-20(14-26)12-21(11-19)15-26/h3-9,19-21H,2,10-17H2,1H3,(H,27,30)(H,28,31). The van der Waals surface area contributed by atoms with Crippen LogP contribution in [0.5, 0.6) is 0 Å². The summed E-state index contributed by atoms with van der Waals surface area (Å²) in [5.74, 6) is 2.08. The maximum atomic E-state index is 13.0. The molecule has 0 spiro atoms. The zero-order chi connectivity index (χ0) is 21.4. The van der Waals surface area contributed by atoms with Crippen LogP contribution in [0.1, 0.15) is 67.1 Å². The first kappa shape index (κ1) is 20.5. The zero-order valence-electron chi connectivity index (χ0n) is 18.4. The van der Waals surface area contributed by atoms with Crippen LogP contribution in [0.3, 0.4) is 0 Å². The van der Waals surface area contributed by atoms with Crippen molar-refractivity contribution in [2.75, 3.05) is 6.54 Å². The molecule has 1 aromatic carbocycles. The van der Waals surface area contributed by atoms with E-state index in [2.05, 4.69) is 34.3 Å². The van der Waals surface area contributed by atoms with Gasteiger partial charge in [-0.15, -0.1) is 0 Å². The van der Waals surface area contributed by atoms with Crippen LogP contribution in [0.4, 0.5) is 0 Å². The summed E-state index contributed by atoms with van der Waals surface area (Å²) < 4.78 is 0. The van der Waals surface area contributed by atoms with E-state index in [-0.39, 0.29) is 22.6 Å². The number of nitrogens with zero attached hydrogens (tertiary/aromatic N) is 1. The van der Waals surface area contributed by atoms with Gasteiger partial charge >= 0.3 is 0 Å². The average Bonchev–Trinajstić information content (AvgIpc) is 2.72. The maximum absolute atomic E-state index is 13.0. The van der Waals surface area contributed by atoms with E-state index in [1.54, 1.807) is 6.07 Å². The second-order valence-electron chi connectivity index (χ2n) is 10.2. The first-order chi connectivity index (χ1) is 15.0. The lowest BCUT2D eigenvalue weighted by Crippen LogP contribution is -2.60. The van der Waals surface area contributed by atoms with Gasteiger partial charge in [0.15, 0.2) is 0 Å². The Bertz CT molecular complexity index is 962. The summed E-state index contributed by atoms with van der Waals surface area (Å²) in [5, 5.41) is 3.32. The molecule has 4 fully saturated rings. The number of aromatic nitrogens is 1. The van der Waals surface area contributed by atoms with Crippen LogP contribution < -0.4 is 10.9 Å². The number of pyridine rings is 1. The number of hydrogen-bond donors (Lipinski definition) is 2. The average molecular weight is 420 g/mol. The van der Waals surface area contributed by atoms with Gasteiger partial charge in [0, 0.05) is 24.3 Å². The lowest BCUT2D eigenvalue weighted by atomic mass is 9.53. The van der Waals surface area contributed by atoms with Crippen LogP contribution in [0.15, 0.2) is 47.3 Å². The molecule has 4 aliphatic rings.